The zero-order chi connectivity index (χ0) is 15.9. The summed E-state index contributed by atoms with van der Waals surface area (Å²) in [5.74, 6) is 0.374. The molecule has 0 saturated heterocycles. The Morgan fingerprint density at radius 2 is 1.67 bits per heavy atom. The Morgan fingerprint density at radius 3 is 2.10 bits per heavy atom. The topological polar surface area (TPSA) is 65.1 Å². The number of rotatable bonds is 8. The Bertz CT molecular complexity index is 493. The van der Waals surface area contributed by atoms with Crippen molar-refractivity contribution in [3.8, 4) is 5.75 Å². The van der Waals surface area contributed by atoms with E-state index < -0.39 is 7.60 Å². The monoisotopic (exact) mass is 315 g/mol. The normalized spacial score (nSPS) is 11.2. The lowest BCUT2D eigenvalue weighted by molar-refractivity contribution is -0.116. The minimum Gasteiger partial charge on any atom is -0.497 e. The van der Waals surface area contributed by atoms with E-state index in [4.69, 9.17) is 13.8 Å². The van der Waals surface area contributed by atoms with Crippen LogP contribution in [0.25, 0.3) is 0 Å². The van der Waals surface area contributed by atoms with Gasteiger partial charge in [0, 0.05) is 12.7 Å². The van der Waals surface area contributed by atoms with Crippen LogP contribution >= 0.6 is 7.60 Å². The van der Waals surface area contributed by atoms with E-state index in [1.54, 1.807) is 52.3 Å². The van der Waals surface area contributed by atoms with Gasteiger partial charge in [-0.1, -0.05) is 0 Å². The number of amides is 1. The molecular formula is C14H22NO5P. The molecule has 0 aliphatic heterocycles. The van der Waals surface area contributed by atoms with Crippen molar-refractivity contribution in [1.82, 2.24) is 0 Å². The Morgan fingerprint density at radius 1 is 1.14 bits per heavy atom. The molecule has 0 fully saturated rings. The van der Waals surface area contributed by atoms with Crippen LogP contribution in [0.4, 0.5) is 5.69 Å². The van der Waals surface area contributed by atoms with Crippen LogP contribution in [0.15, 0.2) is 24.3 Å². The molecule has 1 aromatic carbocycles. The van der Waals surface area contributed by atoms with Crippen molar-refractivity contribution in [3.05, 3.63) is 24.3 Å². The highest BCUT2D eigenvalue weighted by Crippen LogP contribution is 2.48. The van der Waals surface area contributed by atoms with E-state index >= 15 is 0 Å². The fourth-order valence-corrected chi connectivity index (χ4v) is 3.33. The summed E-state index contributed by atoms with van der Waals surface area (Å²) < 4.78 is 27.7. The van der Waals surface area contributed by atoms with Gasteiger partial charge in [0.15, 0.2) is 0 Å². The van der Waals surface area contributed by atoms with Crippen LogP contribution in [0, 0.1) is 0 Å². The van der Waals surface area contributed by atoms with Gasteiger partial charge in [0.2, 0.25) is 5.91 Å². The summed E-state index contributed by atoms with van der Waals surface area (Å²) in [4.78, 5) is 13.6. The van der Waals surface area contributed by atoms with Crippen LogP contribution in [0.3, 0.4) is 0 Å². The molecule has 1 amide bonds. The molecule has 0 N–H and O–H groups in total. The zero-order valence-corrected chi connectivity index (χ0v) is 13.8. The SMILES string of the molecule is CCOP(=O)(CC(=O)N(C)c1ccc(OC)cc1)OCC. The quantitative estimate of drug-likeness (QED) is 0.690. The summed E-state index contributed by atoms with van der Waals surface area (Å²) in [5, 5.41) is 0. The number of carbonyl (C=O) groups excluding carboxylic acids is 1. The minimum atomic E-state index is -3.38. The Balaban J connectivity index is 2.78. The van der Waals surface area contributed by atoms with Crippen molar-refractivity contribution < 1.29 is 23.1 Å². The van der Waals surface area contributed by atoms with Gasteiger partial charge in [-0.2, -0.15) is 0 Å². The summed E-state index contributed by atoms with van der Waals surface area (Å²) in [6.07, 6.45) is -0.281. The number of nitrogens with zero attached hydrogens (tertiary/aromatic N) is 1. The van der Waals surface area contributed by atoms with Gasteiger partial charge in [0.1, 0.15) is 11.9 Å². The second kappa shape index (κ2) is 8.17. The second-order valence-electron chi connectivity index (χ2n) is 4.26. The molecule has 21 heavy (non-hydrogen) atoms. The molecule has 0 unspecified atom stereocenters. The number of methoxy groups -OCH3 is 1. The summed E-state index contributed by atoms with van der Waals surface area (Å²) in [5.41, 5.74) is 0.681. The largest absolute Gasteiger partial charge is 0.497 e. The molecule has 0 radical (unpaired) electrons. The van der Waals surface area contributed by atoms with E-state index in [2.05, 4.69) is 0 Å². The molecule has 0 aliphatic rings. The molecule has 118 valence electrons. The highest BCUT2D eigenvalue weighted by Gasteiger charge is 2.29. The molecule has 7 heteroatoms. The Kier molecular flexibility index (Phi) is 6.89. The van der Waals surface area contributed by atoms with Crippen LogP contribution < -0.4 is 9.64 Å². The number of ether oxygens (including phenoxy) is 1. The van der Waals surface area contributed by atoms with Crippen molar-refractivity contribution in [2.75, 3.05) is 38.4 Å². The predicted octanol–water partition coefficient (Wildman–Crippen LogP) is 2.92. The molecule has 0 aliphatic carbocycles. The fourth-order valence-electron chi connectivity index (χ4n) is 1.74. The Labute approximate surface area is 125 Å². The van der Waals surface area contributed by atoms with Gasteiger partial charge in [-0.15, -0.1) is 0 Å². The summed E-state index contributed by atoms with van der Waals surface area (Å²) in [6, 6.07) is 7.01. The van der Waals surface area contributed by atoms with E-state index in [9.17, 15) is 9.36 Å². The van der Waals surface area contributed by atoms with Crippen LogP contribution in [0.2, 0.25) is 0 Å². The standard InChI is InChI=1S/C14H22NO5P/c1-5-19-21(17,20-6-2)11-14(16)15(3)12-7-9-13(18-4)10-8-12/h7-10H,5-6,11H2,1-4H3. The molecule has 0 saturated carbocycles. The fraction of sp³-hybridized carbons (Fsp3) is 0.500. The van der Waals surface area contributed by atoms with E-state index in [0.29, 0.717) is 11.4 Å². The van der Waals surface area contributed by atoms with Crippen molar-refractivity contribution in [3.63, 3.8) is 0 Å². The maximum Gasteiger partial charge on any atom is 0.340 e. The number of hydrogen-bond donors (Lipinski definition) is 0. The minimum absolute atomic E-state index is 0.233. The predicted molar refractivity (Wildman–Crippen MR) is 82.1 cm³/mol. The van der Waals surface area contributed by atoms with Crippen molar-refractivity contribution in [2.45, 2.75) is 13.8 Å². The maximum absolute atomic E-state index is 12.3. The van der Waals surface area contributed by atoms with Gasteiger partial charge < -0.3 is 18.7 Å². The van der Waals surface area contributed by atoms with Crippen LogP contribution in [-0.4, -0.2) is 39.4 Å². The van der Waals surface area contributed by atoms with Gasteiger partial charge >= 0.3 is 7.60 Å². The summed E-state index contributed by atoms with van der Waals surface area (Å²) in [6.45, 7) is 3.89. The first-order valence-corrected chi connectivity index (χ1v) is 8.47. The van der Waals surface area contributed by atoms with Crippen LogP contribution in [0.1, 0.15) is 13.8 Å². The lowest BCUT2D eigenvalue weighted by atomic mass is 10.3. The number of carbonyl (C=O) groups is 1. The van der Waals surface area contributed by atoms with E-state index in [0.717, 1.165) is 0 Å². The lowest BCUT2D eigenvalue weighted by Gasteiger charge is -2.21. The van der Waals surface area contributed by atoms with Crippen molar-refractivity contribution in [2.24, 2.45) is 0 Å². The van der Waals surface area contributed by atoms with Gasteiger partial charge in [0.05, 0.1) is 20.3 Å². The molecule has 1 aromatic rings. The molecule has 0 atom stereocenters. The molecule has 6 nitrogen and oxygen atoms in total. The first kappa shape index (κ1) is 17.7. The lowest BCUT2D eigenvalue weighted by Crippen LogP contribution is -2.29. The highest BCUT2D eigenvalue weighted by atomic mass is 31.2. The number of anilines is 1. The molecular weight excluding hydrogens is 293 g/mol. The molecule has 0 heterocycles. The Hall–Kier alpha value is -1.36. The molecule has 0 bridgehead atoms. The smallest absolute Gasteiger partial charge is 0.340 e. The van der Waals surface area contributed by atoms with E-state index in [1.807, 2.05) is 0 Å². The summed E-state index contributed by atoms with van der Waals surface area (Å²) >= 11 is 0. The van der Waals surface area contributed by atoms with E-state index in [1.165, 1.54) is 4.90 Å². The first-order valence-electron chi connectivity index (χ1n) is 6.74. The van der Waals surface area contributed by atoms with Gasteiger partial charge in [0.25, 0.3) is 0 Å². The summed E-state index contributed by atoms with van der Waals surface area (Å²) in [7, 11) is -0.190. The number of hydrogen-bond acceptors (Lipinski definition) is 5. The highest BCUT2D eigenvalue weighted by molar-refractivity contribution is 7.54. The second-order valence-corrected chi connectivity index (χ2v) is 6.31. The first-order chi connectivity index (χ1) is 9.95. The third kappa shape index (κ3) is 5.16. The van der Waals surface area contributed by atoms with Crippen LogP contribution in [0.5, 0.6) is 5.75 Å². The van der Waals surface area contributed by atoms with Crippen molar-refractivity contribution in [1.29, 1.82) is 0 Å². The zero-order valence-electron chi connectivity index (χ0n) is 12.9. The van der Waals surface area contributed by atoms with Crippen LogP contribution in [-0.2, 0) is 18.4 Å². The third-order valence-electron chi connectivity index (χ3n) is 2.81. The molecule has 0 spiro atoms. The third-order valence-corrected chi connectivity index (χ3v) is 4.78. The maximum atomic E-state index is 12.3. The van der Waals surface area contributed by atoms with Gasteiger partial charge in [-0.05, 0) is 38.1 Å². The average molecular weight is 315 g/mol. The van der Waals surface area contributed by atoms with Gasteiger partial charge in [-0.3, -0.25) is 9.36 Å². The van der Waals surface area contributed by atoms with Crippen molar-refractivity contribution >= 4 is 19.2 Å². The van der Waals surface area contributed by atoms with Gasteiger partial charge in [-0.25, -0.2) is 0 Å². The van der Waals surface area contributed by atoms with E-state index in [-0.39, 0.29) is 25.3 Å². The molecule has 0 aromatic heterocycles. The molecule has 1 rings (SSSR count). The number of benzene rings is 1. The average Bonchev–Trinajstić information content (AvgIpc) is 2.46.